The van der Waals surface area contributed by atoms with Crippen LogP contribution in [-0.2, 0) is 9.59 Å². The van der Waals surface area contributed by atoms with Crippen LogP contribution in [0.1, 0.15) is 50.5 Å². The van der Waals surface area contributed by atoms with Gasteiger partial charge in [0.15, 0.2) is 0 Å². The minimum absolute atomic E-state index is 0.130. The Morgan fingerprint density at radius 1 is 1.38 bits per heavy atom. The molecule has 1 aromatic rings. The molecule has 1 aromatic carbocycles. The van der Waals surface area contributed by atoms with Crippen LogP contribution in [0.3, 0.4) is 0 Å². The fourth-order valence-electron chi connectivity index (χ4n) is 4.19. The predicted molar refractivity (Wildman–Crippen MR) is 82.0 cm³/mol. The van der Waals surface area contributed by atoms with E-state index in [2.05, 4.69) is 12.2 Å². The zero-order valence-electron chi connectivity index (χ0n) is 12.2. The lowest BCUT2D eigenvalue weighted by molar-refractivity contribution is -0.140. The van der Waals surface area contributed by atoms with Gasteiger partial charge in [-0.3, -0.25) is 14.9 Å². The van der Waals surface area contributed by atoms with E-state index < -0.39 is 0 Å². The molecule has 1 saturated carbocycles. The summed E-state index contributed by atoms with van der Waals surface area (Å²) in [4.78, 5) is 24.4. The number of hydrogen-bond acceptors (Lipinski definition) is 2. The molecule has 1 N–H and O–H groups in total. The Bertz CT molecular complexity index is 586. The molecule has 3 atom stereocenters. The number of halogens is 1. The lowest BCUT2D eigenvalue weighted by Gasteiger charge is -2.40. The van der Waals surface area contributed by atoms with Crippen LogP contribution in [0.15, 0.2) is 24.3 Å². The molecule has 0 aromatic heterocycles. The SMILES string of the molecule is CCC1CCC2(CC(=O)NC(=O)C2c2cccc(Cl)c2)C1. The first kappa shape index (κ1) is 14.6. The standard InChI is InChI=1S/C17H20ClNO2/c1-2-11-6-7-17(9-11)10-14(20)19-16(21)15(17)12-4-3-5-13(18)8-12/h3-5,8,11,15H,2,6-7,9-10H2,1H3,(H,19,20,21). The van der Waals surface area contributed by atoms with E-state index >= 15 is 0 Å². The summed E-state index contributed by atoms with van der Waals surface area (Å²) >= 11 is 6.09. The largest absolute Gasteiger partial charge is 0.296 e. The highest BCUT2D eigenvalue weighted by molar-refractivity contribution is 6.30. The molecule has 2 amide bonds. The molecule has 1 spiro atoms. The molecular formula is C17H20ClNO2. The van der Waals surface area contributed by atoms with Gasteiger partial charge in [-0.2, -0.15) is 0 Å². The first-order chi connectivity index (χ1) is 10.0. The number of hydrogen-bond donors (Lipinski definition) is 1. The minimum Gasteiger partial charge on any atom is -0.296 e. The third kappa shape index (κ3) is 2.59. The molecule has 112 valence electrons. The molecule has 1 saturated heterocycles. The number of carbonyl (C=O) groups excluding carboxylic acids is 2. The van der Waals surface area contributed by atoms with Crippen LogP contribution >= 0.6 is 11.6 Å². The number of piperidine rings is 1. The van der Waals surface area contributed by atoms with Crippen LogP contribution in [-0.4, -0.2) is 11.8 Å². The highest BCUT2D eigenvalue weighted by Gasteiger charge is 2.52. The second-order valence-corrected chi connectivity index (χ2v) is 6.89. The second-order valence-electron chi connectivity index (χ2n) is 6.46. The van der Waals surface area contributed by atoms with Gasteiger partial charge in [-0.1, -0.05) is 37.1 Å². The van der Waals surface area contributed by atoms with Crippen molar-refractivity contribution in [2.75, 3.05) is 0 Å². The summed E-state index contributed by atoms with van der Waals surface area (Å²) in [6.07, 6.45) is 4.57. The summed E-state index contributed by atoms with van der Waals surface area (Å²) in [5.41, 5.74) is 0.717. The summed E-state index contributed by atoms with van der Waals surface area (Å²) in [7, 11) is 0. The van der Waals surface area contributed by atoms with E-state index in [-0.39, 0.29) is 23.1 Å². The van der Waals surface area contributed by atoms with Gasteiger partial charge < -0.3 is 0 Å². The Labute approximate surface area is 130 Å². The van der Waals surface area contributed by atoms with E-state index in [4.69, 9.17) is 11.6 Å². The van der Waals surface area contributed by atoms with Gasteiger partial charge >= 0.3 is 0 Å². The average molecular weight is 306 g/mol. The quantitative estimate of drug-likeness (QED) is 0.847. The van der Waals surface area contributed by atoms with Crippen molar-refractivity contribution in [1.82, 2.24) is 5.32 Å². The maximum atomic E-state index is 12.5. The molecule has 21 heavy (non-hydrogen) atoms. The first-order valence-corrected chi connectivity index (χ1v) is 8.01. The number of carbonyl (C=O) groups is 2. The van der Waals surface area contributed by atoms with Crippen molar-refractivity contribution in [3.05, 3.63) is 34.9 Å². The number of imide groups is 1. The van der Waals surface area contributed by atoms with Crippen molar-refractivity contribution in [3.63, 3.8) is 0 Å². The minimum atomic E-state index is -0.259. The molecule has 1 aliphatic carbocycles. The van der Waals surface area contributed by atoms with Crippen LogP contribution in [0.5, 0.6) is 0 Å². The zero-order chi connectivity index (χ0) is 15.0. The Morgan fingerprint density at radius 2 is 2.19 bits per heavy atom. The van der Waals surface area contributed by atoms with Crippen molar-refractivity contribution in [1.29, 1.82) is 0 Å². The van der Waals surface area contributed by atoms with Crippen LogP contribution in [0.2, 0.25) is 5.02 Å². The lowest BCUT2D eigenvalue weighted by Crippen LogP contribution is -2.49. The molecule has 2 fully saturated rings. The molecule has 3 nitrogen and oxygen atoms in total. The van der Waals surface area contributed by atoms with Crippen molar-refractivity contribution in [2.24, 2.45) is 11.3 Å². The first-order valence-electron chi connectivity index (χ1n) is 7.63. The summed E-state index contributed by atoms with van der Waals surface area (Å²) in [6.45, 7) is 2.18. The molecule has 1 heterocycles. The van der Waals surface area contributed by atoms with E-state index in [1.807, 2.05) is 24.3 Å². The van der Waals surface area contributed by atoms with Crippen LogP contribution in [0.25, 0.3) is 0 Å². The summed E-state index contributed by atoms with van der Waals surface area (Å²) in [5, 5.41) is 3.15. The molecule has 0 radical (unpaired) electrons. The van der Waals surface area contributed by atoms with Crippen LogP contribution in [0, 0.1) is 11.3 Å². The van der Waals surface area contributed by atoms with Crippen LogP contribution in [0.4, 0.5) is 0 Å². The van der Waals surface area contributed by atoms with E-state index in [1.54, 1.807) is 0 Å². The van der Waals surface area contributed by atoms with E-state index in [0.29, 0.717) is 17.4 Å². The normalized spacial score (nSPS) is 32.5. The molecule has 2 aliphatic rings. The predicted octanol–water partition coefficient (Wildman–Crippen LogP) is 3.67. The van der Waals surface area contributed by atoms with Crippen molar-refractivity contribution in [3.8, 4) is 0 Å². The van der Waals surface area contributed by atoms with Gasteiger partial charge in [0.2, 0.25) is 11.8 Å². The number of amides is 2. The Hall–Kier alpha value is -1.35. The number of nitrogens with one attached hydrogen (secondary N) is 1. The summed E-state index contributed by atoms with van der Waals surface area (Å²) in [5.74, 6) is 0.0659. The highest BCUT2D eigenvalue weighted by atomic mass is 35.5. The molecule has 0 bridgehead atoms. The number of benzene rings is 1. The lowest BCUT2D eigenvalue weighted by atomic mass is 9.65. The molecule has 1 aliphatic heterocycles. The van der Waals surface area contributed by atoms with Crippen LogP contribution < -0.4 is 5.32 Å². The van der Waals surface area contributed by atoms with E-state index in [1.165, 1.54) is 0 Å². The Morgan fingerprint density at radius 3 is 2.86 bits per heavy atom. The fourth-order valence-corrected chi connectivity index (χ4v) is 4.39. The van der Waals surface area contributed by atoms with Crippen molar-refractivity contribution < 1.29 is 9.59 Å². The Kier molecular flexibility index (Phi) is 3.78. The highest BCUT2D eigenvalue weighted by Crippen LogP contribution is 2.55. The number of rotatable bonds is 2. The van der Waals surface area contributed by atoms with Gasteiger partial charge in [0.05, 0.1) is 5.92 Å². The summed E-state index contributed by atoms with van der Waals surface area (Å²) in [6, 6.07) is 7.50. The molecular weight excluding hydrogens is 286 g/mol. The van der Waals surface area contributed by atoms with Crippen molar-refractivity contribution in [2.45, 2.75) is 44.9 Å². The monoisotopic (exact) mass is 305 g/mol. The molecule has 4 heteroatoms. The maximum Gasteiger partial charge on any atom is 0.234 e. The third-order valence-electron chi connectivity index (χ3n) is 5.15. The fraction of sp³-hybridized carbons (Fsp3) is 0.529. The van der Waals surface area contributed by atoms with E-state index in [9.17, 15) is 9.59 Å². The van der Waals surface area contributed by atoms with Gasteiger partial charge in [-0.05, 0) is 48.3 Å². The summed E-state index contributed by atoms with van der Waals surface area (Å²) < 4.78 is 0. The third-order valence-corrected chi connectivity index (χ3v) is 5.39. The van der Waals surface area contributed by atoms with Gasteiger partial charge in [-0.15, -0.1) is 0 Å². The second kappa shape index (κ2) is 5.45. The maximum absolute atomic E-state index is 12.5. The van der Waals surface area contributed by atoms with Gasteiger partial charge in [0, 0.05) is 11.4 Å². The van der Waals surface area contributed by atoms with Gasteiger partial charge in [0.1, 0.15) is 0 Å². The van der Waals surface area contributed by atoms with E-state index in [0.717, 1.165) is 31.2 Å². The zero-order valence-corrected chi connectivity index (χ0v) is 13.0. The Balaban J connectivity index is 2.02. The topological polar surface area (TPSA) is 46.2 Å². The smallest absolute Gasteiger partial charge is 0.234 e. The van der Waals surface area contributed by atoms with Gasteiger partial charge in [-0.25, -0.2) is 0 Å². The van der Waals surface area contributed by atoms with Crippen molar-refractivity contribution >= 4 is 23.4 Å². The average Bonchev–Trinajstić information content (AvgIpc) is 2.81. The van der Waals surface area contributed by atoms with Gasteiger partial charge in [0.25, 0.3) is 0 Å². The molecule has 3 rings (SSSR count). The molecule has 3 unspecified atom stereocenters.